The molecule has 5 nitrogen and oxygen atoms in total. The first-order chi connectivity index (χ1) is 7.10. The van der Waals surface area contributed by atoms with E-state index in [0.717, 1.165) is 0 Å². The van der Waals surface area contributed by atoms with E-state index in [9.17, 15) is 10.1 Å². The van der Waals surface area contributed by atoms with Gasteiger partial charge < -0.3 is 4.84 Å². The van der Waals surface area contributed by atoms with E-state index >= 15 is 0 Å². The molecule has 0 saturated carbocycles. The second kappa shape index (κ2) is 5.16. The van der Waals surface area contributed by atoms with Gasteiger partial charge in [-0.1, -0.05) is 11.6 Å². The minimum absolute atomic E-state index is 0.104. The van der Waals surface area contributed by atoms with E-state index in [1.807, 2.05) is 0 Å². The van der Waals surface area contributed by atoms with E-state index in [-0.39, 0.29) is 16.5 Å². The summed E-state index contributed by atoms with van der Waals surface area (Å²) in [6, 6.07) is 2.53. The first-order valence-corrected chi connectivity index (χ1v) is 4.91. The number of non-ortho nitro benzene ring substituents is 1. The van der Waals surface area contributed by atoms with Crippen LogP contribution in [0.2, 0.25) is 5.02 Å². The highest BCUT2D eigenvalue weighted by Gasteiger charge is 2.16. The van der Waals surface area contributed by atoms with Crippen LogP contribution in [0.3, 0.4) is 0 Å². The predicted molar refractivity (Wildman–Crippen MR) is 57.3 cm³/mol. The highest BCUT2D eigenvalue weighted by atomic mass is 35.5. The Morgan fingerprint density at radius 2 is 2.20 bits per heavy atom. The number of benzene rings is 1. The summed E-state index contributed by atoms with van der Waals surface area (Å²) < 4.78 is 0. The average molecular weight is 251 g/mol. The first-order valence-electron chi connectivity index (χ1n) is 3.99. The molecule has 0 aliphatic carbocycles. The summed E-state index contributed by atoms with van der Waals surface area (Å²) in [7, 11) is 0. The Morgan fingerprint density at radius 3 is 2.67 bits per heavy atom. The maximum atomic E-state index is 10.6. The number of aryl methyl sites for hydroxylation is 1. The molecule has 0 atom stereocenters. The van der Waals surface area contributed by atoms with Gasteiger partial charge in [0.25, 0.3) is 5.69 Å². The topological polar surface area (TPSA) is 78.4 Å². The molecule has 0 radical (unpaired) electrons. The van der Waals surface area contributed by atoms with Crippen LogP contribution in [0.15, 0.2) is 12.1 Å². The van der Waals surface area contributed by atoms with Crippen LogP contribution in [0, 0.1) is 10.1 Å². The number of halogens is 2. The van der Waals surface area contributed by atoms with Crippen molar-refractivity contribution in [3.8, 4) is 5.75 Å². The van der Waals surface area contributed by atoms with Crippen LogP contribution in [0.4, 0.5) is 5.69 Å². The fourth-order valence-corrected chi connectivity index (χ4v) is 1.64. The van der Waals surface area contributed by atoms with Crippen molar-refractivity contribution in [1.82, 2.24) is 0 Å². The molecular formula is C8H8Cl2N2O3. The molecule has 15 heavy (non-hydrogen) atoms. The molecule has 0 fully saturated rings. The molecule has 1 aromatic carbocycles. The Labute approximate surface area is 95.8 Å². The van der Waals surface area contributed by atoms with Crippen molar-refractivity contribution in [1.29, 1.82) is 0 Å². The highest BCUT2D eigenvalue weighted by Crippen LogP contribution is 2.33. The molecule has 82 valence electrons. The molecular weight excluding hydrogens is 243 g/mol. The summed E-state index contributed by atoms with van der Waals surface area (Å²) in [5.74, 6) is 5.53. The summed E-state index contributed by atoms with van der Waals surface area (Å²) in [6.45, 7) is 0. The lowest BCUT2D eigenvalue weighted by Gasteiger charge is -2.07. The summed E-state index contributed by atoms with van der Waals surface area (Å²) in [6.07, 6.45) is 0.398. The molecule has 0 aromatic heterocycles. The number of rotatable bonds is 4. The van der Waals surface area contributed by atoms with Gasteiger partial charge in [-0.25, -0.2) is 0 Å². The standard InChI is InChI=1S/C8H8Cl2N2O3/c9-2-1-5-3-6(12(13)14)4-7(10)8(5)15-11/h3-4H,1-2,11H2. The van der Waals surface area contributed by atoms with Crippen LogP contribution in [0.1, 0.15) is 5.56 Å². The maximum Gasteiger partial charge on any atom is 0.271 e. The van der Waals surface area contributed by atoms with E-state index in [1.165, 1.54) is 12.1 Å². The second-order valence-electron chi connectivity index (χ2n) is 2.73. The molecule has 0 saturated heterocycles. The zero-order chi connectivity index (χ0) is 11.4. The van der Waals surface area contributed by atoms with E-state index < -0.39 is 4.92 Å². The van der Waals surface area contributed by atoms with Crippen molar-refractivity contribution in [2.24, 2.45) is 5.90 Å². The number of nitro benzene ring substituents is 1. The SMILES string of the molecule is NOc1c(Cl)cc([N+](=O)[O-])cc1CCCl. The van der Waals surface area contributed by atoms with Crippen molar-refractivity contribution >= 4 is 28.9 Å². The summed E-state index contributed by atoms with van der Waals surface area (Å²) >= 11 is 11.3. The number of nitrogens with zero attached hydrogens (tertiary/aromatic N) is 1. The van der Waals surface area contributed by atoms with Crippen LogP contribution in [-0.4, -0.2) is 10.8 Å². The van der Waals surface area contributed by atoms with E-state index in [0.29, 0.717) is 17.9 Å². The maximum absolute atomic E-state index is 10.6. The van der Waals surface area contributed by atoms with Gasteiger partial charge in [0.1, 0.15) is 0 Å². The quantitative estimate of drug-likeness (QED) is 0.505. The Hall–Kier alpha value is -1.04. The van der Waals surface area contributed by atoms with Gasteiger partial charge in [-0.3, -0.25) is 10.1 Å². The summed E-state index contributed by atoms with van der Waals surface area (Å²) in [5.41, 5.74) is 0.410. The summed E-state index contributed by atoms with van der Waals surface area (Å²) in [4.78, 5) is 14.6. The zero-order valence-electron chi connectivity index (χ0n) is 7.57. The normalized spacial score (nSPS) is 10.1. The number of hydrogen-bond acceptors (Lipinski definition) is 4. The van der Waals surface area contributed by atoms with Gasteiger partial charge >= 0.3 is 0 Å². The lowest BCUT2D eigenvalue weighted by atomic mass is 10.1. The number of nitrogens with two attached hydrogens (primary N) is 1. The molecule has 0 heterocycles. The third kappa shape index (κ3) is 2.71. The molecule has 1 aromatic rings. The third-order valence-corrected chi connectivity index (χ3v) is 2.27. The molecule has 2 N–H and O–H groups in total. The van der Waals surface area contributed by atoms with Crippen LogP contribution >= 0.6 is 23.2 Å². The van der Waals surface area contributed by atoms with Gasteiger partial charge in [-0.05, 0) is 6.42 Å². The first kappa shape index (κ1) is 12.0. The molecule has 0 aliphatic rings. The molecule has 1 rings (SSSR count). The molecule has 0 spiro atoms. The minimum Gasteiger partial charge on any atom is -0.410 e. The van der Waals surface area contributed by atoms with Crippen LogP contribution in [0.5, 0.6) is 5.75 Å². The molecule has 0 amide bonds. The van der Waals surface area contributed by atoms with E-state index in [1.54, 1.807) is 0 Å². The zero-order valence-corrected chi connectivity index (χ0v) is 9.09. The van der Waals surface area contributed by atoms with Crippen LogP contribution < -0.4 is 10.7 Å². The van der Waals surface area contributed by atoms with Gasteiger partial charge in [-0.15, -0.1) is 11.6 Å². The largest absolute Gasteiger partial charge is 0.410 e. The smallest absolute Gasteiger partial charge is 0.271 e. The molecule has 0 unspecified atom stereocenters. The van der Waals surface area contributed by atoms with Crippen molar-refractivity contribution in [3.05, 3.63) is 32.8 Å². The van der Waals surface area contributed by atoms with Gasteiger partial charge in [0.15, 0.2) is 5.75 Å². The number of alkyl halides is 1. The Morgan fingerprint density at radius 1 is 1.53 bits per heavy atom. The number of hydrogen-bond donors (Lipinski definition) is 1. The number of nitro groups is 1. The fourth-order valence-electron chi connectivity index (χ4n) is 1.16. The van der Waals surface area contributed by atoms with Crippen LogP contribution in [0.25, 0.3) is 0 Å². The molecule has 0 aliphatic heterocycles. The summed E-state index contributed by atoms with van der Waals surface area (Å²) in [5, 5.41) is 10.7. The van der Waals surface area contributed by atoms with Crippen molar-refractivity contribution in [2.45, 2.75) is 6.42 Å². The molecule has 0 bridgehead atoms. The Balaban J connectivity index is 3.25. The van der Waals surface area contributed by atoms with Gasteiger partial charge in [0.2, 0.25) is 0 Å². The Kier molecular flexibility index (Phi) is 4.14. The Bertz CT molecular complexity index is 384. The minimum atomic E-state index is -0.538. The van der Waals surface area contributed by atoms with Crippen molar-refractivity contribution < 1.29 is 9.76 Å². The van der Waals surface area contributed by atoms with Gasteiger partial charge in [0, 0.05) is 23.6 Å². The average Bonchev–Trinajstić information content (AvgIpc) is 2.17. The lowest BCUT2D eigenvalue weighted by Crippen LogP contribution is -2.06. The van der Waals surface area contributed by atoms with Crippen molar-refractivity contribution in [2.75, 3.05) is 5.88 Å². The second-order valence-corrected chi connectivity index (χ2v) is 3.51. The van der Waals surface area contributed by atoms with Crippen molar-refractivity contribution in [3.63, 3.8) is 0 Å². The predicted octanol–water partition coefficient (Wildman–Crippen LogP) is 2.28. The molecule has 7 heteroatoms. The lowest BCUT2D eigenvalue weighted by molar-refractivity contribution is -0.384. The third-order valence-electron chi connectivity index (χ3n) is 1.80. The van der Waals surface area contributed by atoms with Crippen LogP contribution in [-0.2, 0) is 6.42 Å². The van der Waals surface area contributed by atoms with E-state index in [2.05, 4.69) is 4.84 Å². The monoisotopic (exact) mass is 250 g/mol. The van der Waals surface area contributed by atoms with Gasteiger partial charge in [0.05, 0.1) is 9.95 Å². The van der Waals surface area contributed by atoms with E-state index in [4.69, 9.17) is 29.1 Å². The fraction of sp³-hybridized carbons (Fsp3) is 0.250. The van der Waals surface area contributed by atoms with Gasteiger partial charge in [-0.2, -0.15) is 5.90 Å². The highest BCUT2D eigenvalue weighted by molar-refractivity contribution is 6.32.